The van der Waals surface area contributed by atoms with E-state index < -0.39 is 4.92 Å². The second-order valence-electron chi connectivity index (χ2n) is 2.06. The highest BCUT2D eigenvalue weighted by Crippen LogP contribution is 2.12. The summed E-state index contributed by atoms with van der Waals surface area (Å²) >= 11 is 3.06. The van der Waals surface area contributed by atoms with Crippen LogP contribution < -0.4 is 0 Å². The summed E-state index contributed by atoms with van der Waals surface area (Å²) in [5.74, 6) is 0. The number of nitro groups is 1. The average molecular weight is 232 g/mol. The number of halogens is 1. The predicted octanol–water partition coefficient (Wildman–Crippen LogP) is 3.02. The molecule has 0 radical (unpaired) electrons. The molecule has 0 aliphatic rings. The fourth-order valence-electron chi connectivity index (χ4n) is 0.559. The van der Waals surface area contributed by atoms with Crippen LogP contribution in [0.1, 0.15) is 13.8 Å². The van der Waals surface area contributed by atoms with Crippen LogP contribution >= 0.6 is 15.9 Å². The van der Waals surface area contributed by atoms with Gasteiger partial charge < -0.3 is 0 Å². The third-order valence-corrected chi connectivity index (χ3v) is 1.51. The third-order valence-electron chi connectivity index (χ3n) is 1.11. The first-order chi connectivity index (χ1) is 5.59. The van der Waals surface area contributed by atoms with Crippen molar-refractivity contribution in [2.45, 2.75) is 13.8 Å². The van der Waals surface area contributed by atoms with Crippen molar-refractivity contribution in [3.63, 3.8) is 0 Å². The molecule has 0 rings (SSSR count). The van der Waals surface area contributed by atoms with Crippen LogP contribution in [0.25, 0.3) is 0 Å². The van der Waals surface area contributed by atoms with Crippen molar-refractivity contribution >= 4 is 15.9 Å². The summed E-state index contributed by atoms with van der Waals surface area (Å²) in [6.45, 7) is 3.49. The van der Waals surface area contributed by atoms with Gasteiger partial charge in [-0.05, 0) is 29.8 Å². The van der Waals surface area contributed by atoms with Gasteiger partial charge >= 0.3 is 0 Å². The smallest absolute Gasteiger partial charge is 0.258 e. The van der Waals surface area contributed by atoms with E-state index >= 15 is 0 Å². The van der Waals surface area contributed by atoms with E-state index in [0.29, 0.717) is 4.48 Å². The Hall–Kier alpha value is -0.900. The van der Waals surface area contributed by atoms with Crippen LogP contribution in [-0.2, 0) is 0 Å². The molecule has 0 aromatic heterocycles. The number of allylic oxidation sites excluding steroid dienone is 5. The van der Waals surface area contributed by atoms with Gasteiger partial charge in [0.05, 0.1) is 9.41 Å². The van der Waals surface area contributed by atoms with Gasteiger partial charge in [0.2, 0.25) is 0 Å². The van der Waals surface area contributed by atoms with Crippen molar-refractivity contribution in [1.82, 2.24) is 0 Å². The average Bonchev–Trinajstić information content (AvgIpc) is 1.96. The van der Waals surface area contributed by atoms with Crippen LogP contribution in [0, 0.1) is 10.1 Å². The fourth-order valence-corrected chi connectivity index (χ4v) is 0.836. The van der Waals surface area contributed by atoms with E-state index in [1.165, 1.54) is 6.08 Å². The Morgan fingerprint density at radius 3 is 2.42 bits per heavy atom. The second kappa shape index (κ2) is 5.71. The summed E-state index contributed by atoms with van der Waals surface area (Å²) in [4.78, 5) is 9.95. The lowest BCUT2D eigenvalue weighted by atomic mass is 10.3. The minimum absolute atomic E-state index is 0.0769. The first-order valence-electron chi connectivity index (χ1n) is 3.39. The van der Waals surface area contributed by atoms with Crippen LogP contribution in [0.2, 0.25) is 0 Å². The second-order valence-corrected chi connectivity index (χ2v) is 3.25. The quantitative estimate of drug-likeness (QED) is 0.426. The summed E-state index contributed by atoms with van der Waals surface area (Å²) in [5, 5.41) is 10.4. The Bertz CT molecular complexity index is 250. The highest BCUT2D eigenvalue weighted by molar-refractivity contribution is 9.11. The van der Waals surface area contributed by atoms with E-state index in [1.54, 1.807) is 25.2 Å². The van der Waals surface area contributed by atoms with Crippen LogP contribution in [0.5, 0.6) is 0 Å². The lowest BCUT2D eigenvalue weighted by Gasteiger charge is -1.90. The number of rotatable bonds is 3. The summed E-state index contributed by atoms with van der Waals surface area (Å²) in [6, 6.07) is 0. The van der Waals surface area contributed by atoms with Crippen LogP contribution in [0.15, 0.2) is 34.5 Å². The topological polar surface area (TPSA) is 43.1 Å². The van der Waals surface area contributed by atoms with Gasteiger partial charge in [-0.3, -0.25) is 10.1 Å². The van der Waals surface area contributed by atoms with Crippen LogP contribution in [-0.4, -0.2) is 4.92 Å². The monoisotopic (exact) mass is 231 g/mol. The Labute approximate surface area is 79.7 Å². The molecule has 0 heterocycles. The molecule has 0 spiro atoms. The molecule has 0 aromatic rings. The fraction of sp³-hybridized carbons (Fsp3) is 0.250. The molecule has 4 heteroatoms. The molecule has 0 aliphatic carbocycles. The maximum Gasteiger partial charge on any atom is 0.279 e. The predicted molar refractivity (Wildman–Crippen MR) is 52.6 cm³/mol. The van der Waals surface area contributed by atoms with E-state index in [-0.39, 0.29) is 5.70 Å². The van der Waals surface area contributed by atoms with Crippen molar-refractivity contribution in [2.24, 2.45) is 0 Å². The first kappa shape index (κ1) is 11.1. The number of hydrogen-bond donors (Lipinski definition) is 0. The Morgan fingerprint density at radius 2 is 2.08 bits per heavy atom. The van der Waals surface area contributed by atoms with Crippen molar-refractivity contribution in [1.29, 1.82) is 0 Å². The Balaban J connectivity index is 4.58. The molecular weight excluding hydrogens is 222 g/mol. The van der Waals surface area contributed by atoms with Crippen molar-refractivity contribution in [3.05, 3.63) is 44.6 Å². The molecule has 0 bridgehead atoms. The zero-order valence-electron chi connectivity index (χ0n) is 6.95. The van der Waals surface area contributed by atoms with Gasteiger partial charge in [0.15, 0.2) is 0 Å². The summed E-state index contributed by atoms with van der Waals surface area (Å²) in [7, 11) is 0. The lowest BCUT2D eigenvalue weighted by molar-refractivity contribution is -0.419. The molecule has 66 valence electrons. The summed E-state index contributed by atoms with van der Waals surface area (Å²) in [5.41, 5.74) is 0.0769. The maximum absolute atomic E-state index is 10.4. The van der Waals surface area contributed by atoms with Gasteiger partial charge in [0.1, 0.15) is 0 Å². The van der Waals surface area contributed by atoms with Gasteiger partial charge in [0, 0.05) is 6.08 Å². The molecular formula is C8H10BrNO2. The zero-order valence-corrected chi connectivity index (χ0v) is 8.54. The molecule has 0 atom stereocenters. The third kappa shape index (κ3) is 4.08. The minimum Gasteiger partial charge on any atom is -0.258 e. The van der Waals surface area contributed by atoms with E-state index in [9.17, 15) is 10.1 Å². The zero-order chi connectivity index (χ0) is 9.56. The maximum atomic E-state index is 10.4. The number of nitrogens with zero attached hydrogens (tertiary/aromatic N) is 1. The van der Waals surface area contributed by atoms with E-state index in [1.807, 2.05) is 6.92 Å². The summed E-state index contributed by atoms with van der Waals surface area (Å²) in [6.07, 6.45) is 6.62. The molecule has 0 saturated heterocycles. The lowest BCUT2D eigenvalue weighted by Crippen LogP contribution is -1.95. The van der Waals surface area contributed by atoms with E-state index in [2.05, 4.69) is 15.9 Å². The van der Waals surface area contributed by atoms with Gasteiger partial charge in [-0.25, -0.2) is 0 Å². The molecule has 0 saturated carbocycles. The van der Waals surface area contributed by atoms with Gasteiger partial charge in [-0.15, -0.1) is 0 Å². The van der Waals surface area contributed by atoms with Crippen molar-refractivity contribution < 1.29 is 4.92 Å². The minimum atomic E-state index is -0.427. The summed E-state index contributed by atoms with van der Waals surface area (Å²) < 4.78 is 0.522. The first-order valence-corrected chi connectivity index (χ1v) is 4.19. The highest BCUT2D eigenvalue weighted by Gasteiger charge is 2.07. The molecule has 0 aromatic carbocycles. The SMILES string of the molecule is C\C=C/C=C\C(=C(/C)Br)[N+](=O)[O-]. The number of hydrogen-bond acceptors (Lipinski definition) is 2. The van der Waals surface area contributed by atoms with Crippen LogP contribution in [0.3, 0.4) is 0 Å². The largest absolute Gasteiger partial charge is 0.279 e. The Kier molecular flexibility index (Phi) is 5.28. The molecule has 0 fully saturated rings. The molecule has 12 heavy (non-hydrogen) atoms. The molecule has 0 unspecified atom stereocenters. The molecule has 0 aliphatic heterocycles. The van der Waals surface area contributed by atoms with Crippen molar-refractivity contribution in [2.75, 3.05) is 0 Å². The van der Waals surface area contributed by atoms with E-state index in [0.717, 1.165) is 0 Å². The normalized spacial score (nSPS) is 13.9. The Morgan fingerprint density at radius 1 is 1.50 bits per heavy atom. The van der Waals surface area contributed by atoms with Crippen LogP contribution in [0.4, 0.5) is 0 Å². The van der Waals surface area contributed by atoms with E-state index in [4.69, 9.17) is 0 Å². The van der Waals surface area contributed by atoms with Crippen molar-refractivity contribution in [3.8, 4) is 0 Å². The standard InChI is InChI=1S/C8H10BrNO2/c1-3-4-5-6-8(7(2)9)10(11)12/h3-6H,1-2H3/b4-3-,6-5-,8-7-. The van der Waals surface area contributed by atoms with Gasteiger partial charge in [-0.2, -0.15) is 0 Å². The molecule has 0 N–H and O–H groups in total. The molecule has 3 nitrogen and oxygen atoms in total. The van der Waals surface area contributed by atoms with Gasteiger partial charge in [0.25, 0.3) is 5.70 Å². The molecule has 0 amide bonds. The van der Waals surface area contributed by atoms with Gasteiger partial charge in [-0.1, -0.05) is 18.2 Å². The highest BCUT2D eigenvalue weighted by atomic mass is 79.9.